The fourth-order valence-electron chi connectivity index (χ4n) is 1.47. The number of amides is 2. The molecule has 18 heavy (non-hydrogen) atoms. The van der Waals surface area contributed by atoms with Crippen molar-refractivity contribution in [1.29, 1.82) is 0 Å². The van der Waals surface area contributed by atoms with Crippen LogP contribution in [-0.4, -0.2) is 35.6 Å². The van der Waals surface area contributed by atoms with E-state index in [-0.39, 0.29) is 17.3 Å². The second kappa shape index (κ2) is 5.86. The molecule has 0 atom stereocenters. The zero-order valence-corrected chi connectivity index (χ0v) is 10.4. The number of carbonyl (C=O) groups excluding carboxylic acids is 1. The van der Waals surface area contributed by atoms with Crippen molar-refractivity contribution < 1.29 is 14.7 Å². The largest absolute Gasteiger partial charge is 0.478 e. The quantitative estimate of drug-likeness (QED) is 0.804. The molecule has 5 heteroatoms. The van der Waals surface area contributed by atoms with Crippen molar-refractivity contribution in [1.82, 2.24) is 4.90 Å². The van der Waals surface area contributed by atoms with Gasteiger partial charge in [-0.25, -0.2) is 9.59 Å². The summed E-state index contributed by atoms with van der Waals surface area (Å²) in [5, 5.41) is 11.5. The number of hydrogen-bond acceptors (Lipinski definition) is 2. The number of carboxylic acids is 1. The van der Waals surface area contributed by atoms with E-state index >= 15 is 0 Å². The minimum Gasteiger partial charge on any atom is -0.478 e. The summed E-state index contributed by atoms with van der Waals surface area (Å²) in [7, 11) is 1.62. The molecule has 0 unspecified atom stereocenters. The Balaban J connectivity index is 2.82. The Bertz CT molecular complexity index is 483. The zero-order chi connectivity index (χ0) is 13.7. The minimum atomic E-state index is -1.08. The van der Waals surface area contributed by atoms with Gasteiger partial charge in [-0.05, 0) is 19.1 Å². The van der Waals surface area contributed by atoms with Gasteiger partial charge in [-0.2, -0.15) is 0 Å². The molecule has 0 saturated heterocycles. The highest BCUT2D eigenvalue weighted by Gasteiger charge is 2.13. The predicted molar refractivity (Wildman–Crippen MR) is 69.9 cm³/mol. The number of aromatic carboxylic acids is 1. The van der Waals surface area contributed by atoms with Gasteiger partial charge in [0.25, 0.3) is 0 Å². The summed E-state index contributed by atoms with van der Waals surface area (Å²) in [5.41, 5.74) is 1.19. The summed E-state index contributed by atoms with van der Waals surface area (Å²) in [6.07, 6.45) is 0. The standard InChI is InChI=1S/C13H16N2O3/c1-9(2)8-15(3)13(18)14-11-7-5-4-6-10(11)12(16)17/h4-7H,1,8H2,2-3H3,(H,14,18)(H,16,17). The lowest BCUT2D eigenvalue weighted by Crippen LogP contribution is -2.32. The van der Waals surface area contributed by atoms with E-state index in [1.807, 2.05) is 6.92 Å². The maximum atomic E-state index is 11.8. The number of urea groups is 1. The maximum Gasteiger partial charge on any atom is 0.337 e. The van der Waals surface area contributed by atoms with Crippen LogP contribution in [0.2, 0.25) is 0 Å². The summed E-state index contributed by atoms with van der Waals surface area (Å²) in [5.74, 6) is -1.08. The number of hydrogen-bond donors (Lipinski definition) is 2. The molecule has 0 aliphatic carbocycles. The highest BCUT2D eigenvalue weighted by atomic mass is 16.4. The SMILES string of the molecule is C=C(C)CN(C)C(=O)Nc1ccccc1C(=O)O. The number of likely N-dealkylation sites (N-methyl/N-ethyl adjacent to an activating group) is 1. The third-order valence-electron chi connectivity index (χ3n) is 2.25. The van der Waals surface area contributed by atoms with E-state index in [4.69, 9.17) is 5.11 Å². The smallest absolute Gasteiger partial charge is 0.337 e. The molecule has 0 bridgehead atoms. The molecule has 0 spiro atoms. The van der Waals surface area contributed by atoms with Gasteiger partial charge >= 0.3 is 12.0 Å². The lowest BCUT2D eigenvalue weighted by molar-refractivity contribution is 0.0698. The van der Waals surface area contributed by atoms with E-state index < -0.39 is 5.97 Å². The number of nitrogens with zero attached hydrogens (tertiary/aromatic N) is 1. The van der Waals surface area contributed by atoms with E-state index in [1.165, 1.54) is 11.0 Å². The molecule has 0 radical (unpaired) electrons. The molecule has 96 valence electrons. The number of carbonyl (C=O) groups is 2. The van der Waals surface area contributed by atoms with Gasteiger partial charge in [0.1, 0.15) is 0 Å². The summed E-state index contributed by atoms with van der Waals surface area (Å²) >= 11 is 0. The normalized spacial score (nSPS) is 9.67. The van der Waals surface area contributed by atoms with Gasteiger partial charge in [-0.3, -0.25) is 0 Å². The fraction of sp³-hybridized carbons (Fsp3) is 0.231. The van der Waals surface area contributed by atoms with Crippen molar-refractivity contribution in [2.45, 2.75) is 6.92 Å². The molecule has 1 aromatic carbocycles. The van der Waals surface area contributed by atoms with Gasteiger partial charge in [0.15, 0.2) is 0 Å². The summed E-state index contributed by atoms with van der Waals surface area (Å²) in [6.45, 7) is 5.95. The molecule has 0 saturated carbocycles. The first kappa shape index (κ1) is 13.8. The topological polar surface area (TPSA) is 69.6 Å². The lowest BCUT2D eigenvalue weighted by Gasteiger charge is -2.18. The van der Waals surface area contributed by atoms with Crippen LogP contribution in [0.1, 0.15) is 17.3 Å². The molecule has 0 aliphatic heterocycles. The van der Waals surface area contributed by atoms with Crippen LogP contribution in [0.25, 0.3) is 0 Å². The van der Waals surface area contributed by atoms with E-state index in [1.54, 1.807) is 25.2 Å². The second-order valence-corrected chi connectivity index (χ2v) is 4.09. The van der Waals surface area contributed by atoms with Gasteiger partial charge in [0.05, 0.1) is 11.3 Å². The van der Waals surface area contributed by atoms with E-state index in [0.29, 0.717) is 6.54 Å². The number of anilines is 1. The fourth-order valence-corrected chi connectivity index (χ4v) is 1.47. The molecule has 1 rings (SSSR count). The number of para-hydroxylation sites is 1. The van der Waals surface area contributed by atoms with Crippen LogP contribution in [0.15, 0.2) is 36.4 Å². The third kappa shape index (κ3) is 3.62. The van der Waals surface area contributed by atoms with Crippen LogP contribution in [-0.2, 0) is 0 Å². The molecular weight excluding hydrogens is 232 g/mol. The highest BCUT2D eigenvalue weighted by Crippen LogP contribution is 2.15. The highest BCUT2D eigenvalue weighted by molar-refractivity contribution is 5.99. The number of carboxylic acid groups (broad SMARTS) is 1. The molecule has 0 fully saturated rings. The molecule has 2 amide bonds. The van der Waals surface area contributed by atoms with Crippen molar-refractivity contribution in [2.24, 2.45) is 0 Å². The predicted octanol–water partition coefficient (Wildman–Crippen LogP) is 2.42. The molecule has 0 heterocycles. The van der Waals surface area contributed by atoms with Crippen LogP contribution in [0.5, 0.6) is 0 Å². The van der Waals surface area contributed by atoms with Crippen molar-refractivity contribution in [3.05, 3.63) is 42.0 Å². The molecular formula is C13H16N2O3. The van der Waals surface area contributed by atoms with Crippen molar-refractivity contribution in [3.8, 4) is 0 Å². The van der Waals surface area contributed by atoms with Crippen LogP contribution < -0.4 is 5.32 Å². The number of rotatable bonds is 4. The Morgan fingerprint density at radius 1 is 1.39 bits per heavy atom. The minimum absolute atomic E-state index is 0.0644. The second-order valence-electron chi connectivity index (χ2n) is 4.09. The Hall–Kier alpha value is -2.30. The monoisotopic (exact) mass is 248 g/mol. The molecule has 1 aromatic rings. The number of nitrogens with one attached hydrogen (secondary N) is 1. The van der Waals surface area contributed by atoms with Gasteiger partial charge in [0.2, 0.25) is 0 Å². The first-order valence-electron chi connectivity index (χ1n) is 5.40. The van der Waals surface area contributed by atoms with E-state index in [9.17, 15) is 9.59 Å². The summed E-state index contributed by atoms with van der Waals surface area (Å²) < 4.78 is 0. The lowest BCUT2D eigenvalue weighted by atomic mass is 10.2. The molecule has 5 nitrogen and oxygen atoms in total. The van der Waals surface area contributed by atoms with Gasteiger partial charge in [0, 0.05) is 13.6 Å². The average Bonchev–Trinajstić information content (AvgIpc) is 2.28. The van der Waals surface area contributed by atoms with Crippen LogP contribution in [0.3, 0.4) is 0 Å². The van der Waals surface area contributed by atoms with Crippen molar-refractivity contribution >= 4 is 17.7 Å². The summed E-state index contributed by atoms with van der Waals surface area (Å²) in [6, 6.07) is 5.90. The maximum absolute atomic E-state index is 11.8. The van der Waals surface area contributed by atoms with E-state index in [2.05, 4.69) is 11.9 Å². The van der Waals surface area contributed by atoms with Gasteiger partial charge in [-0.15, -0.1) is 0 Å². The number of benzene rings is 1. The molecule has 2 N–H and O–H groups in total. The summed E-state index contributed by atoms with van der Waals surface area (Å²) in [4.78, 5) is 24.2. The van der Waals surface area contributed by atoms with Crippen molar-refractivity contribution in [3.63, 3.8) is 0 Å². The Morgan fingerprint density at radius 2 is 2.00 bits per heavy atom. The van der Waals surface area contributed by atoms with Crippen LogP contribution in [0, 0.1) is 0 Å². The van der Waals surface area contributed by atoms with Crippen LogP contribution >= 0.6 is 0 Å². The Morgan fingerprint density at radius 3 is 2.56 bits per heavy atom. The van der Waals surface area contributed by atoms with E-state index in [0.717, 1.165) is 5.57 Å². The average molecular weight is 248 g/mol. The van der Waals surface area contributed by atoms with Crippen LogP contribution in [0.4, 0.5) is 10.5 Å². The third-order valence-corrected chi connectivity index (χ3v) is 2.25. The first-order chi connectivity index (χ1) is 8.41. The van der Waals surface area contributed by atoms with Gasteiger partial charge in [-0.1, -0.05) is 24.3 Å². The first-order valence-corrected chi connectivity index (χ1v) is 5.40. The van der Waals surface area contributed by atoms with Crippen molar-refractivity contribution in [2.75, 3.05) is 18.9 Å². The molecule has 0 aliphatic rings. The Kier molecular flexibility index (Phi) is 4.48. The van der Waals surface area contributed by atoms with Gasteiger partial charge < -0.3 is 15.3 Å². The molecule has 0 aromatic heterocycles. The zero-order valence-electron chi connectivity index (χ0n) is 10.4. The Labute approximate surface area is 106 Å².